The third kappa shape index (κ3) is 4.66. The van der Waals surface area contributed by atoms with Crippen LogP contribution in [0.25, 0.3) is 0 Å². The molecule has 0 fully saturated rings. The van der Waals surface area contributed by atoms with Crippen molar-refractivity contribution >= 4 is 23.2 Å². The van der Waals surface area contributed by atoms with E-state index in [9.17, 15) is 14.7 Å². The molecule has 0 aliphatic rings. The first-order valence-electron chi connectivity index (χ1n) is 7.83. The highest BCUT2D eigenvalue weighted by Crippen LogP contribution is 2.14. The lowest BCUT2D eigenvalue weighted by Gasteiger charge is -2.25. The quantitative estimate of drug-likeness (QED) is 0.720. The van der Waals surface area contributed by atoms with Crippen LogP contribution in [-0.2, 0) is 4.79 Å². The van der Waals surface area contributed by atoms with E-state index in [-0.39, 0.29) is 24.3 Å². The van der Waals surface area contributed by atoms with Crippen molar-refractivity contribution in [3.8, 4) is 0 Å². The lowest BCUT2D eigenvalue weighted by molar-refractivity contribution is -0.125. The lowest BCUT2D eigenvalue weighted by atomic mass is 10.0. The summed E-state index contributed by atoms with van der Waals surface area (Å²) >= 11 is 1.33. The van der Waals surface area contributed by atoms with Crippen molar-refractivity contribution in [2.24, 2.45) is 5.92 Å². The van der Waals surface area contributed by atoms with Gasteiger partial charge in [-0.25, -0.2) is 0 Å². The number of hydrogen-bond donors (Lipinski definition) is 3. The number of carbonyl (C=O) groups is 2. The zero-order chi connectivity index (χ0) is 17.5. The van der Waals surface area contributed by atoms with E-state index in [2.05, 4.69) is 10.6 Å². The van der Waals surface area contributed by atoms with Gasteiger partial charge in [-0.1, -0.05) is 50.2 Å². The number of carbonyl (C=O) groups excluding carboxylic acids is 2. The standard InChI is InChI=1S/C18H22N2O3S/c1-12(2)16(20-17(22)15-9-6-10-24-15)18(23)19-14(11-21)13-7-4-3-5-8-13/h3-10,12,14,16,21H,11H2,1-2H3,(H,19,23)(H,20,22)/t14-,16?/m1/s1. The first kappa shape index (κ1) is 18.2. The van der Waals surface area contributed by atoms with Gasteiger partial charge in [-0.05, 0) is 22.9 Å². The maximum Gasteiger partial charge on any atom is 0.262 e. The Hall–Kier alpha value is -2.18. The van der Waals surface area contributed by atoms with Gasteiger partial charge in [0.25, 0.3) is 5.91 Å². The Balaban J connectivity index is 2.07. The van der Waals surface area contributed by atoms with Crippen LogP contribution in [0.15, 0.2) is 47.8 Å². The molecule has 24 heavy (non-hydrogen) atoms. The van der Waals surface area contributed by atoms with Crippen molar-refractivity contribution in [2.75, 3.05) is 6.61 Å². The topological polar surface area (TPSA) is 78.4 Å². The summed E-state index contributed by atoms with van der Waals surface area (Å²) in [5, 5.41) is 17.0. The Morgan fingerprint density at radius 2 is 1.79 bits per heavy atom. The molecule has 1 aromatic heterocycles. The van der Waals surface area contributed by atoms with Crippen LogP contribution in [0.2, 0.25) is 0 Å². The Bertz CT molecular complexity index is 656. The zero-order valence-electron chi connectivity index (χ0n) is 13.7. The zero-order valence-corrected chi connectivity index (χ0v) is 14.5. The van der Waals surface area contributed by atoms with E-state index in [4.69, 9.17) is 0 Å². The van der Waals surface area contributed by atoms with E-state index in [1.165, 1.54) is 11.3 Å². The molecule has 0 aliphatic heterocycles. The minimum atomic E-state index is -0.669. The van der Waals surface area contributed by atoms with Crippen LogP contribution in [0.3, 0.4) is 0 Å². The number of aliphatic hydroxyl groups is 1. The molecule has 5 nitrogen and oxygen atoms in total. The summed E-state index contributed by atoms with van der Waals surface area (Å²) < 4.78 is 0. The second-order valence-electron chi connectivity index (χ2n) is 5.83. The van der Waals surface area contributed by atoms with Gasteiger partial charge >= 0.3 is 0 Å². The SMILES string of the molecule is CC(C)C(NC(=O)c1cccs1)C(=O)N[C@H](CO)c1ccccc1. The molecule has 1 unspecified atom stereocenters. The van der Waals surface area contributed by atoms with E-state index in [0.29, 0.717) is 4.88 Å². The molecule has 2 aromatic rings. The first-order chi connectivity index (χ1) is 11.5. The Morgan fingerprint density at radius 3 is 2.33 bits per heavy atom. The number of benzene rings is 1. The van der Waals surface area contributed by atoms with E-state index in [0.717, 1.165) is 5.56 Å². The fourth-order valence-electron chi connectivity index (χ4n) is 2.34. The van der Waals surface area contributed by atoms with E-state index in [1.807, 2.05) is 49.6 Å². The molecular formula is C18H22N2O3S. The van der Waals surface area contributed by atoms with Gasteiger partial charge in [-0.2, -0.15) is 0 Å². The molecule has 0 spiro atoms. The van der Waals surface area contributed by atoms with E-state index < -0.39 is 12.1 Å². The number of rotatable bonds is 7. The van der Waals surface area contributed by atoms with Crippen molar-refractivity contribution in [2.45, 2.75) is 25.9 Å². The van der Waals surface area contributed by atoms with Gasteiger partial charge in [0.15, 0.2) is 0 Å². The van der Waals surface area contributed by atoms with Gasteiger partial charge in [0.05, 0.1) is 17.5 Å². The maximum atomic E-state index is 12.6. The van der Waals surface area contributed by atoms with Gasteiger partial charge in [0.2, 0.25) is 5.91 Å². The highest BCUT2D eigenvalue weighted by Gasteiger charge is 2.27. The highest BCUT2D eigenvalue weighted by molar-refractivity contribution is 7.12. The second-order valence-corrected chi connectivity index (χ2v) is 6.77. The highest BCUT2D eigenvalue weighted by atomic mass is 32.1. The van der Waals surface area contributed by atoms with E-state index >= 15 is 0 Å². The third-order valence-electron chi connectivity index (χ3n) is 3.68. The number of hydrogen-bond acceptors (Lipinski definition) is 4. The molecule has 0 aliphatic carbocycles. The smallest absolute Gasteiger partial charge is 0.262 e. The molecule has 128 valence electrons. The average molecular weight is 346 g/mol. The summed E-state index contributed by atoms with van der Waals surface area (Å²) in [5.74, 6) is -0.652. The van der Waals surface area contributed by atoms with Gasteiger partial charge in [-0.15, -0.1) is 11.3 Å². The molecule has 1 aromatic carbocycles. The number of thiophene rings is 1. The molecular weight excluding hydrogens is 324 g/mol. The number of aliphatic hydroxyl groups excluding tert-OH is 1. The predicted molar refractivity (Wildman–Crippen MR) is 94.8 cm³/mol. The van der Waals surface area contributed by atoms with Gasteiger partial charge in [0, 0.05) is 0 Å². The number of amides is 2. The summed E-state index contributed by atoms with van der Waals surface area (Å²) in [6.45, 7) is 3.53. The second kappa shape index (κ2) is 8.61. The molecule has 1 heterocycles. The molecule has 3 N–H and O–H groups in total. The minimum Gasteiger partial charge on any atom is -0.394 e. The van der Waals surface area contributed by atoms with Crippen LogP contribution in [0.5, 0.6) is 0 Å². The van der Waals surface area contributed by atoms with Crippen molar-refractivity contribution in [3.05, 3.63) is 58.3 Å². The maximum absolute atomic E-state index is 12.6. The lowest BCUT2D eigenvalue weighted by Crippen LogP contribution is -2.50. The van der Waals surface area contributed by atoms with Gasteiger partial charge in [-0.3, -0.25) is 9.59 Å². The van der Waals surface area contributed by atoms with Gasteiger partial charge < -0.3 is 15.7 Å². The largest absolute Gasteiger partial charge is 0.394 e. The van der Waals surface area contributed by atoms with Crippen LogP contribution in [-0.4, -0.2) is 29.6 Å². The first-order valence-corrected chi connectivity index (χ1v) is 8.71. The van der Waals surface area contributed by atoms with Crippen LogP contribution < -0.4 is 10.6 Å². The number of nitrogens with one attached hydrogen (secondary N) is 2. The van der Waals surface area contributed by atoms with Crippen molar-refractivity contribution in [3.63, 3.8) is 0 Å². The fraction of sp³-hybridized carbons (Fsp3) is 0.333. The van der Waals surface area contributed by atoms with Crippen molar-refractivity contribution < 1.29 is 14.7 Å². The van der Waals surface area contributed by atoms with Crippen molar-refractivity contribution in [1.82, 2.24) is 10.6 Å². The summed E-state index contributed by atoms with van der Waals surface area (Å²) in [5.41, 5.74) is 0.820. The Labute approximate surface area is 145 Å². The Morgan fingerprint density at radius 1 is 1.08 bits per heavy atom. The van der Waals surface area contributed by atoms with Gasteiger partial charge in [0.1, 0.15) is 6.04 Å². The Kier molecular flexibility index (Phi) is 6.52. The molecule has 2 amide bonds. The molecule has 2 atom stereocenters. The summed E-state index contributed by atoms with van der Waals surface area (Å²) in [6, 6.07) is 11.6. The molecule has 0 bridgehead atoms. The fourth-order valence-corrected chi connectivity index (χ4v) is 2.96. The monoisotopic (exact) mass is 346 g/mol. The average Bonchev–Trinajstić information content (AvgIpc) is 3.12. The molecule has 2 rings (SSSR count). The summed E-state index contributed by atoms with van der Waals surface area (Å²) in [4.78, 5) is 25.4. The van der Waals surface area contributed by atoms with Crippen LogP contribution in [0, 0.1) is 5.92 Å². The van der Waals surface area contributed by atoms with Crippen molar-refractivity contribution in [1.29, 1.82) is 0 Å². The molecule has 6 heteroatoms. The van der Waals surface area contributed by atoms with E-state index in [1.54, 1.807) is 12.1 Å². The normalized spacial score (nSPS) is 13.3. The summed E-state index contributed by atoms with van der Waals surface area (Å²) in [6.07, 6.45) is 0. The minimum absolute atomic E-state index is 0.0796. The molecule has 0 radical (unpaired) electrons. The molecule has 0 saturated carbocycles. The van der Waals surface area contributed by atoms with Crippen LogP contribution >= 0.6 is 11.3 Å². The predicted octanol–water partition coefficient (Wildman–Crippen LogP) is 2.35. The molecule has 0 saturated heterocycles. The third-order valence-corrected chi connectivity index (χ3v) is 4.55. The van der Waals surface area contributed by atoms with Crippen LogP contribution in [0.1, 0.15) is 35.1 Å². The summed E-state index contributed by atoms with van der Waals surface area (Å²) in [7, 11) is 0. The van der Waals surface area contributed by atoms with Crippen LogP contribution in [0.4, 0.5) is 0 Å².